The fraction of sp³-hybridized carbons (Fsp3) is 0.926. The minimum atomic E-state index is -1.81. The second-order valence-electron chi connectivity index (χ2n) is 49.7. The Morgan fingerprint density at radius 3 is 0.915 bits per heavy atom. The summed E-state index contributed by atoms with van der Waals surface area (Å²) in [6.45, 7) is 67.0. The number of hydrogen-bond acceptors (Lipinski definition) is 24. The Balaban J connectivity index is 0.933. The van der Waals surface area contributed by atoms with Crippen LogP contribution in [0.2, 0.25) is 0 Å². The molecular weight excluding hydrogens is 1500 g/mol. The highest BCUT2D eigenvalue weighted by atomic mass is 16.7. The maximum absolute atomic E-state index is 16.0. The second-order valence-corrected chi connectivity index (χ2v) is 49.7. The summed E-state index contributed by atoms with van der Waals surface area (Å²) >= 11 is 0. The molecule has 5 unspecified atom stereocenters. The van der Waals surface area contributed by atoms with Gasteiger partial charge in [-0.2, -0.15) is 0 Å². The van der Waals surface area contributed by atoms with Gasteiger partial charge in [0, 0.05) is 136 Å². The number of carbonyl (C=O) groups excluding carboxylic acids is 7. The van der Waals surface area contributed by atoms with E-state index < -0.39 is 153 Å². The van der Waals surface area contributed by atoms with Crippen molar-refractivity contribution in [3.8, 4) is 0 Å². The van der Waals surface area contributed by atoms with Gasteiger partial charge in [-0.05, 0) is 259 Å². The summed E-state index contributed by atoms with van der Waals surface area (Å²) in [4.78, 5) is 108. The van der Waals surface area contributed by atoms with Crippen molar-refractivity contribution in [1.82, 2.24) is 31.9 Å². The van der Waals surface area contributed by atoms with Gasteiger partial charge in [-0.3, -0.25) is 33.6 Å². The molecule has 1 spiro atoms. The number of hydrogen-bond donors (Lipinski definition) is 6. The Kier molecular flexibility index (Phi) is 28.7. The van der Waals surface area contributed by atoms with E-state index in [1.807, 2.05) is 111 Å². The summed E-state index contributed by atoms with van der Waals surface area (Å²) in [5, 5.41) is 22.4. The molecule has 0 bridgehead atoms. The van der Waals surface area contributed by atoms with Crippen LogP contribution in [0.15, 0.2) is 0 Å². The SMILES string of the molecule is CC1(C)CC(OC(=O)C(CC(=O)OCC(C)(C)C2OCC3(CO2)COC(C(C)(C)OC(=O)CC(C2CC(C)(C)NC(C)(C)C2)C(CC(=O)OC2CC(C)(C)NC(C)(C)C2)C2CC(C)(C)NC(C)(C)C2)OC3)C(C(=O)OC2CC(C)(C)NC(C)(C)C2)C(CC(=O)OC2CC(C)(C)NC(C)(C)C2)C(=O)OC2CC(C)(C)NC(C)(C)C2)CC(C)(C)C1. The molecular formula is C94H164N6O18. The molecule has 9 fully saturated rings. The van der Waals surface area contributed by atoms with Crippen molar-refractivity contribution >= 4 is 41.8 Å². The van der Waals surface area contributed by atoms with Gasteiger partial charge in [0.05, 0.1) is 62.4 Å². The van der Waals surface area contributed by atoms with E-state index in [0.29, 0.717) is 64.2 Å². The van der Waals surface area contributed by atoms with Gasteiger partial charge in [0.2, 0.25) is 0 Å². The van der Waals surface area contributed by atoms with Gasteiger partial charge in [-0.1, -0.05) is 41.5 Å². The van der Waals surface area contributed by atoms with Crippen LogP contribution in [0.1, 0.15) is 344 Å². The van der Waals surface area contributed by atoms with E-state index in [2.05, 4.69) is 143 Å². The van der Waals surface area contributed by atoms with Crippen molar-refractivity contribution in [1.29, 1.82) is 0 Å². The Hall–Kier alpha value is -4.11. The third-order valence-electron chi connectivity index (χ3n) is 26.5. The van der Waals surface area contributed by atoms with Crippen molar-refractivity contribution < 1.29 is 85.7 Å². The highest BCUT2D eigenvalue weighted by Crippen LogP contribution is 2.52. The number of esters is 7. The zero-order chi connectivity index (χ0) is 88.6. The Morgan fingerprint density at radius 2 is 0.585 bits per heavy atom. The molecule has 678 valence electrons. The van der Waals surface area contributed by atoms with Gasteiger partial charge < -0.3 is 84.0 Å². The topological polar surface area (TPSA) is 293 Å². The van der Waals surface area contributed by atoms with E-state index in [-0.39, 0.29) is 126 Å². The highest BCUT2D eigenvalue weighted by molar-refractivity contribution is 5.91. The first-order valence-corrected chi connectivity index (χ1v) is 44.9. The number of rotatable bonds is 26. The molecule has 6 N–H and O–H groups in total. The van der Waals surface area contributed by atoms with Crippen molar-refractivity contribution in [3.63, 3.8) is 0 Å². The first kappa shape index (κ1) is 97.7. The van der Waals surface area contributed by atoms with Crippen LogP contribution < -0.4 is 31.9 Å². The third-order valence-corrected chi connectivity index (χ3v) is 26.5. The molecule has 0 aromatic rings. The summed E-state index contributed by atoms with van der Waals surface area (Å²) in [5.74, 6) is -10.5. The molecule has 8 aliphatic heterocycles. The summed E-state index contributed by atoms with van der Waals surface area (Å²) in [6, 6.07) is 0. The van der Waals surface area contributed by atoms with E-state index in [9.17, 15) is 4.79 Å². The number of piperidine rings is 6. The zero-order valence-electron chi connectivity index (χ0n) is 79.4. The minimum Gasteiger partial charge on any atom is -0.465 e. The van der Waals surface area contributed by atoms with Crippen LogP contribution in [0, 0.1) is 63.1 Å². The first-order chi connectivity index (χ1) is 53.3. The van der Waals surface area contributed by atoms with E-state index in [1.54, 1.807) is 0 Å². The molecule has 8 heterocycles. The van der Waals surface area contributed by atoms with E-state index in [0.717, 1.165) is 32.1 Å². The summed E-state index contributed by atoms with van der Waals surface area (Å²) in [6.07, 6.45) is 3.06. The predicted molar refractivity (Wildman–Crippen MR) is 456 cm³/mol. The second kappa shape index (κ2) is 34.7. The van der Waals surface area contributed by atoms with E-state index in [4.69, 9.17) is 52.1 Å². The number of carbonyl (C=O) groups is 7. The fourth-order valence-corrected chi connectivity index (χ4v) is 25.1. The highest BCUT2D eigenvalue weighted by Gasteiger charge is 2.57. The maximum atomic E-state index is 16.0. The molecule has 0 amide bonds. The van der Waals surface area contributed by atoms with Crippen LogP contribution in [-0.4, -0.2) is 190 Å². The molecule has 24 nitrogen and oxygen atoms in total. The lowest BCUT2D eigenvalue weighted by atomic mass is 9.60. The smallest absolute Gasteiger partial charge is 0.311 e. The molecule has 118 heavy (non-hydrogen) atoms. The van der Waals surface area contributed by atoms with Crippen LogP contribution in [0.4, 0.5) is 0 Å². The zero-order valence-corrected chi connectivity index (χ0v) is 79.4. The third kappa shape index (κ3) is 27.7. The average molecular weight is 1670 g/mol. The van der Waals surface area contributed by atoms with Gasteiger partial charge in [0.25, 0.3) is 0 Å². The average Bonchev–Trinajstić information content (AvgIpc) is 0.765. The molecule has 0 aromatic heterocycles. The normalized spacial score (nSPS) is 30.0. The lowest BCUT2D eigenvalue weighted by Crippen LogP contribution is -2.61. The molecule has 0 aromatic carbocycles. The van der Waals surface area contributed by atoms with E-state index >= 15 is 28.8 Å². The van der Waals surface area contributed by atoms with Crippen molar-refractivity contribution in [2.75, 3.05) is 33.0 Å². The molecule has 5 atom stereocenters. The molecule has 9 rings (SSSR count). The molecule has 0 radical (unpaired) electrons. The van der Waals surface area contributed by atoms with Crippen molar-refractivity contribution in [2.24, 2.45) is 63.1 Å². The number of ether oxygens (including phenoxy) is 11. The monoisotopic (exact) mass is 1670 g/mol. The minimum absolute atomic E-state index is 0.0567. The van der Waals surface area contributed by atoms with Gasteiger partial charge in [-0.15, -0.1) is 0 Å². The largest absolute Gasteiger partial charge is 0.465 e. The predicted octanol–water partition coefficient (Wildman–Crippen LogP) is 14.9. The molecule has 9 aliphatic rings. The fourth-order valence-electron chi connectivity index (χ4n) is 25.1. The van der Waals surface area contributed by atoms with Gasteiger partial charge in [0.15, 0.2) is 18.2 Å². The summed E-state index contributed by atoms with van der Waals surface area (Å²) in [7, 11) is 0. The van der Waals surface area contributed by atoms with Crippen LogP contribution in [0.5, 0.6) is 0 Å². The number of nitrogens with one attached hydrogen (secondary N) is 6. The molecule has 24 heteroatoms. The quantitative estimate of drug-likeness (QED) is 0.0346. The first-order valence-electron chi connectivity index (χ1n) is 44.9. The summed E-state index contributed by atoms with van der Waals surface area (Å²) in [5.41, 5.74) is -7.88. The van der Waals surface area contributed by atoms with Crippen LogP contribution in [-0.2, 0) is 85.7 Å². The van der Waals surface area contributed by atoms with Crippen molar-refractivity contribution in [2.45, 2.75) is 459 Å². The van der Waals surface area contributed by atoms with Gasteiger partial charge >= 0.3 is 41.8 Å². The van der Waals surface area contributed by atoms with Gasteiger partial charge in [0.1, 0.15) is 37.1 Å². The Morgan fingerprint density at radius 1 is 0.322 bits per heavy atom. The van der Waals surface area contributed by atoms with Crippen LogP contribution >= 0.6 is 0 Å². The van der Waals surface area contributed by atoms with Crippen LogP contribution in [0.3, 0.4) is 0 Å². The Labute approximate surface area is 710 Å². The molecule has 8 saturated heterocycles. The lowest BCUT2D eigenvalue weighted by Gasteiger charge is -2.53. The molecule has 1 saturated carbocycles. The van der Waals surface area contributed by atoms with E-state index in [1.165, 1.54) is 0 Å². The Bertz CT molecular complexity index is 3430. The van der Waals surface area contributed by atoms with Crippen molar-refractivity contribution in [3.05, 3.63) is 0 Å². The molecule has 1 aliphatic carbocycles. The van der Waals surface area contributed by atoms with Crippen LogP contribution in [0.25, 0.3) is 0 Å². The maximum Gasteiger partial charge on any atom is 0.311 e. The standard InChI is InChI=1S/C94H164N6O18/c1-78(2)41-59(42-79(3,4)51-78)115-73(105)66(72(75(107)117-63-49-91(27,28)100-92(29,30)50-63)67(74(106)116-62-47-89(23,24)99-90(25,26)48-62)36-70(103)114-61-45-87(19,20)98-88(21,22)46-61)35-68(101)108-52-80(5,6)76-109-53-94(54-110-76)55-111-77(112-56-94)93(31,32)118-71(104)34-65(58-39-83(11,12)96-84(13,14)40-58)64(57-37-81(7,8)95-82(9,10)38-57)33-69(102)113-60-43-85(15,16)97-86(17,18)44-60/h57-67,72,76-77,95-100H,33-56H2,1-32H3. The summed E-state index contributed by atoms with van der Waals surface area (Å²) < 4.78 is 72.1. The van der Waals surface area contributed by atoms with Gasteiger partial charge in [-0.25, -0.2) is 0 Å². The lowest BCUT2D eigenvalue weighted by molar-refractivity contribution is -0.341.